The van der Waals surface area contributed by atoms with Crippen molar-refractivity contribution in [3.8, 4) is 5.82 Å². The van der Waals surface area contributed by atoms with Crippen LogP contribution in [0.3, 0.4) is 0 Å². The number of piperazine rings is 1. The van der Waals surface area contributed by atoms with E-state index in [0.29, 0.717) is 0 Å². The van der Waals surface area contributed by atoms with Crippen molar-refractivity contribution >= 4 is 17.3 Å². The Labute approximate surface area is 161 Å². The van der Waals surface area contributed by atoms with Crippen LogP contribution >= 0.6 is 0 Å². The quantitative estimate of drug-likeness (QED) is 0.524. The van der Waals surface area contributed by atoms with Gasteiger partial charge in [-0.1, -0.05) is 0 Å². The molecule has 10 nitrogen and oxygen atoms in total. The highest BCUT2D eigenvalue weighted by Gasteiger charge is 2.20. The lowest BCUT2D eigenvalue weighted by Crippen LogP contribution is -2.47. The van der Waals surface area contributed by atoms with Crippen molar-refractivity contribution in [2.75, 3.05) is 36.0 Å². The van der Waals surface area contributed by atoms with Gasteiger partial charge in [-0.3, -0.25) is 0 Å². The van der Waals surface area contributed by atoms with Crippen LogP contribution in [0.2, 0.25) is 0 Å². The van der Waals surface area contributed by atoms with Gasteiger partial charge >= 0.3 is 0 Å². The first-order chi connectivity index (χ1) is 13.7. The Morgan fingerprint density at radius 2 is 1.36 bits per heavy atom. The van der Waals surface area contributed by atoms with Gasteiger partial charge in [-0.05, 0) is 44.2 Å². The van der Waals surface area contributed by atoms with Crippen molar-refractivity contribution in [1.82, 2.24) is 39.8 Å². The largest absolute Gasteiger partial charge is 0.352 e. The summed E-state index contributed by atoms with van der Waals surface area (Å²) in [6.45, 7) is 7.30. The highest BCUT2D eigenvalue weighted by atomic mass is 15.4. The Bertz CT molecular complexity index is 1110. The zero-order valence-electron chi connectivity index (χ0n) is 15.8. The SMILES string of the molecule is Cc1ccn(-c2ccc(N3CCN(c4ccc5nnc(C)n5n4)CC3)nn2)n1. The lowest BCUT2D eigenvalue weighted by Gasteiger charge is -2.35. The van der Waals surface area contributed by atoms with E-state index in [9.17, 15) is 0 Å². The summed E-state index contributed by atoms with van der Waals surface area (Å²) in [5, 5.41) is 25.9. The van der Waals surface area contributed by atoms with Crippen LogP contribution in [0.4, 0.5) is 11.6 Å². The fourth-order valence-corrected chi connectivity index (χ4v) is 3.37. The summed E-state index contributed by atoms with van der Waals surface area (Å²) in [6, 6.07) is 9.85. The highest BCUT2D eigenvalue weighted by Crippen LogP contribution is 2.18. The predicted octanol–water partition coefficient (Wildman–Crippen LogP) is 1.04. The van der Waals surface area contributed by atoms with Gasteiger partial charge in [-0.25, -0.2) is 4.68 Å². The van der Waals surface area contributed by atoms with Gasteiger partial charge in [-0.15, -0.1) is 25.5 Å². The maximum absolute atomic E-state index is 4.66. The van der Waals surface area contributed by atoms with E-state index < -0.39 is 0 Å². The minimum absolute atomic E-state index is 0.720. The molecule has 0 spiro atoms. The summed E-state index contributed by atoms with van der Waals surface area (Å²) in [5.41, 5.74) is 1.72. The van der Waals surface area contributed by atoms with Crippen LogP contribution in [-0.2, 0) is 0 Å². The molecular weight excluding hydrogens is 356 g/mol. The van der Waals surface area contributed by atoms with Gasteiger partial charge in [0.1, 0.15) is 5.82 Å². The number of nitrogens with zero attached hydrogens (tertiary/aromatic N) is 10. The molecule has 5 rings (SSSR count). The molecule has 5 heterocycles. The molecule has 0 aromatic carbocycles. The average Bonchev–Trinajstić information content (AvgIpc) is 3.34. The minimum Gasteiger partial charge on any atom is -0.352 e. The Balaban J connectivity index is 1.28. The van der Waals surface area contributed by atoms with Crippen LogP contribution in [0.1, 0.15) is 11.5 Å². The van der Waals surface area contributed by atoms with Crippen molar-refractivity contribution in [2.24, 2.45) is 0 Å². The van der Waals surface area contributed by atoms with E-state index in [0.717, 1.165) is 60.8 Å². The molecule has 1 saturated heterocycles. The summed E-state index contributed by atoms with van der Waals surface area (Å²) in [7, 11) is 0. The second-order valence-corrected chi connectivity index (χ2v) is 6.83. The molecule has 28 heavy (non-hydrogen) atoms. The molecule has 0 atom stereocenters. The third kappa shape index (κ3) is 2.92. The van der Waals surface area contributed by atoms with E-state index >= 15 is 0 Å². The standard InChI is InChI=1S/C18H20N10/c1-13-7-8-27(23-13)16-4-3-15(20-21-16)25-9-11-26(12-10-25)18-6-5-17-22-19-14(2)28(17)24-18/h3-8H,9-12H2,1-2H3. The third-order valence-electron chi connectivity index (χ3n) is 4.93. The maximum atomic E-state index is 4.66. The molecule has 0 aliphatic carbocycles. The van der Waals surface area contributed by atoms with Crippen molar-refractivity contribution in [3.63, 3.8) is 0 Å². The minimum atomic E-state index is 0.720. The van der Waals surface area contributed by atoms with Gasteiger partial charge in [0, 0.05) is 32.4 Å². The molecule has 0 saturated carbocycles. The van der Waals surface area contributed by atoms with E-state index in [1.165, 1.54) is 0 Å². The topological polar surface area (TPSA) is 93.2 Å². The number of aromatic nitrogens is 8. The van der Waals surface area contributed by atoms with Crippen LogP contribution < -0.4 is 9.80 Å². The summed E-state index contributed by atoms with van der Waals surface area (Å²) < 4.78 is 3.52. The zero-order chi connectivity index (χ0) is 19.1. The lowest BCUT2D eigenvalue weighted by molar-refractivity contribution is 0.631. The van der Waals surface area contributed by atoms with Crippen LogP contribution in [0.5, 0.6) is 0 Å². The molecule has 4 aromatic rings. The number of aryl methyl sites for hydroxylation is 2. The first kappa shape index (κ1) is 16.6. The zero-order valence-corrected chi connectivity index (χ0v) is 15.8. The van der Waals surface area contributed by atoms with Crippen LogP contribution in [0.25, 0.3) is 11.5 Å². The summed E-state index contributed by atoms with van der Waals surface area (Å²) in [4.78, 5) is 4.51. The highest BCUT2D eigenvalue weighted by molar-refractivity contribution is 5.48. The van der Waals surface area contributed by atoms with Crippen molar-refractivity contribution in [2.45, 2.75) is 13.8 Å². The molecule has 0 unspecified atom stereocenters. The van der Waals surface area contributed by atoms with Gasteiger partial charge in [0.25, 0.3) is 0 Å². The number of rotatable bonds is 3. The Morgan fingerprint density at radius 1 is 0.679 bits per heavy atom. The first-order valence-corrected chi connectivity index (χ1v) is 9.23. The first-order valence-electron chi connectivity index (χ1n) is 9.23. The number of anilines is 2. The van der Waals surface area contributed by atoms with Gasteiger partial charge in [0.15, 0.2) is 23.1 Å². The lowest BCUT2D eigenvalue weighted by atomic mass is 10.3. The Kier molecular flexibility index (Phi) is 3.89. The van der Waals surface area contributed by atoms with Crippen LogP contribution in [0.15, 0.2) is 36.5 Å². The number of hydrogen-bond acceptors (Lipinski definition) is 8. The molecule has 0 amide bonds. The van der Waals surface area contributed by atoms with Crippen molar-refractivity contribution in [3.05, 3.63) is 48.0 Å². The molecule has 1 aliphatic heterocycles. The average molecular weight is 376 g/mol. The smallest absolute Gasteiger partial charge is 0.178 e. The molecule has 0 bridgehead atoms. The van der Waals surface area contributed by atoms with Gasteiger partial charge < -0.3 is 9.80 Å². The van der Waals surface area contributed by atoms with E-state index in [1.807, 2.05) is 50.4 Å². The molecule has 10 heteroatoms. The second kappa shape index (κ2) is 6.55. The van der Waals surface area contributed by atoms with Crippen molar-refractivity contribution in [1.29, 1.82) is 0 Å². The van der Waals surface area contributed by atoms with Gasteiger partial charge in [0.2, 0.25) is 0 Å². The van der Waals surface area contributed by atoms with E-state index in [2.05, 4.69) is 40.4 Å². The summed E-state index contributed by atoms with van der Waals surface area (Å²) >= 11 is 0. The van der Waals surface area contributed by atoms with Crippen molar-refractivity contribution < 1.29 is 0 Å². The monoisotopic (exact) mass is 376 g/mol. The maximum Gasteiger partial charge on any atom is 0.178 e. The third-order valence-corrected chi connectivity index (χ3v) is 4.93. The fourth-order valence-electron chi connectivity index (χ4n) is 3.37. The van der Waals surface area contributed by atoms with E-state index in [4.69, 9.17) is 0 Å². The van der Waals surface area contributed by atoms with Gasteiger partial charge in [0.05, 0.1) is 5.69 Å². The summed E-state index contributed by atoms with van der Waals surface area (Å²) in [6.07, 6.45) is 1.89. The summed E-state index contributed by atoms with van der Waals surface area (Å²) in [5.74, 6) is 3.33. The molecule has 1 aliphatic rings. The Hall–Kier alpha value is -3.56. The fraction of sp³-hybridized carbons (Fsp3) is 0.333. The van der Waals surface area contributed by atoms with Crippen LogP contribution in [0, 0.1) is 13.8 Å². The molecule has 142 valence electrons. The number of hydrogen-bond donors (Lipinski definition) is 0. The van der Waals surface area contributed by atoms with E-state index in [-0.39, 0.29) is 0 Å². The van der Waals surface area contributed by atoms with E-state index in [1.54, 1.807) is 9.20 Å². The predicted molar refractivity (Wildman–Crippen MR) is 104 cm³/mol. The normalized spacial score (nSPS) is 14.8. The van der Waals surface area contributed by atoms with Crippen LogP contribution in [-0.4, -0.2) is 66.0 Å². The molecule has 4 aromatic heterocycles. The number of fused-ring (bicyclic) bond motifs is 1. The molecule has 0 radical (unpaired) electrons. The molecule has 0 N–H and O–H groups in total. The van der Waals surface area contributed by atoms with Gasteiger partial charge in [-0.2, -0.15) is 9.61 Å². The molecule has 1 fully saturated rings. The molecular formula is C18H20N10. The Morgan fingerprint density at radius 3 is 2.04 bits per heavy atom. The second-order valence-electron chi connectivity index (χ2n) is 6.83.